The van der Waals surface area contributed by atoms with Crippen LogP contribution in [0.15, 0.2) is 36.4 Å². The highest BCUT2D eigenvalue weighted by Gasteiger charge is 2.21. The third kappa shape index (κ3) is 2.44. The van der Waals surface area contributed by atoms with Crippen LogP contribution in [0.1, 0.15) is 54.8 Å². The predicted octanol–water partition coefficient (Wildman–Crippen LogP) is 4.63. The Morgan fingerprint density at radius 3 is 2.71 bits per heavy atom. The van der Waals surface area contributed by atoms with E-state index >= 15 is 0 Å². The van der Waals surface area contributed by atoms with Gasteiger partial charge in [-0.1, -0.05) is 25.1 Å². The zero-order valence-electron chi connectivity index (χ0n) is 14.4. The second kappa shape index (κ2) is 6.06. The molecular formula is C21H24N2O. The Bertz CT molecular complexity index is 894. The van der Waals surface area contributed by atoms with E-state index in [9.17, 15) is 5.11 Å². The lowest BCUT2D eigenvalue weighted by Gasteiger charge is -2.17. The summed E-state index contributed by atoms with van der Waals surface area (Å²) in [7, 11) is 0. The molecule has 1 aliphatic carbocycles. The molecule has 1 N–H and O–H groups in total. The summed E-state index contributed by atoms with van der Waals surface area (Å²) in [6, 6.07) is 12.8. The molecule has 1 aliphatic rings. The molecule has 0 amide bonds. The van der Waals surface area contributed by atoms with Gasteiger partial charge in [-0.25, -0.2) is 4.98 Å². The summed E-state index contributed by atoms with van der Waals surface area (Å²) in [4.78, 5) is 4.86. The van der Waals surface area contributed by atoms with Gasteiger partial charge in [0.1, 0.15) is 5.65 Å². The molecule has 1 unspecified atom stereocenters. The van der Waals surface area contributed by atoms with E-state index in [4.69, 9.17) is 4.98 Å². The van der Waals surface area contributed by atoms with Crippen molar-refractivity contribution in [3.63, 3.8) is 0 Å². The van der Waals surface area contributed by atoms with Crippen molar-refractivity contribution in [2.45, 2.75) is 52.1 Å². The predicted molar refractivity (Wildman–Crippen MR) is 97.3 cm³/mol. The number of aliphatic hydroxyl groups excluding tert-OH is 1. The van der Waals surface area contributed by atoms with Gasteiger partial charge in [0.15, 0.2) is 0 Å². The van der Waals surface area contributed by atoms with Crippen LogP contribution in [0, 0.1) is 6.92 Å². The highest BCUT2D eigenvalue weighted by atomic mass is 16.3. The molecule has 0 saturated carbocycles. The SMILES string of the molecule is CCC(O)c1c(-c2ccc3c(c2)CCCC3)nc2cccc(C)n12. The Kier molecular flexibility index (Phi) is 3.89. The van der Waals surface area contributed by atoms with E-state index < -0.39 is 6.10 Å². The molecule has 0 spiro atoms. The number of aromatic nitrogens is 2. The van der Waals surface area contributed by atoms with Gasteiger partial charge < -0.3 is 5.11 Å². The number of fused-ring (bicyclic) bond motifs is 2. The fraction of sp³-hybridized carbons (Fsp3) is 0.381. The van der Waals surface area contributed by atoms with E-state index in [0.717, 1.165) is 34.7 Å². The first-order valence-corrected chi connectivity index (χ1v) is 8.97. The molecule has 4 rings (SSSR count). The molecule has 3 aromatic rings. The normalized spacial score (nSPS) is 15.5. The third-order valence-corrected chi connectivity index (χ3v) is 5.20. The molecule has 2 heterocycles. The fourth-order valence-electron chi connectivity index (χ4n) is 3.87. The van der Waals surface area contributed by atoms with Crippen LogP contribution in [0.25, 0.3) is 16.9 Å². The Labute approximate surface area is 143 Å². The number of hydrogen-bond donors (Lipinski definition) is 1. The first-order chi connectivity index (χ1) is 11.7. The molecule has 0 saturated heterocycles. The average Bonchev–Trinajstić information content (AvgIpc) is 3.01. The topological polar surface area (TPSA) is 37.5 Å². The Hall–Kier alpha value is -2.13. The summed E-state index contributed by atoms with van der Waals surface area (Å²) in [5, 5.41) is 10.7. The van der Waals surface area contributed by atoms with Crippen LogP contribution >= 0.6 is 0 Å². The van der Waals surface area contributed by atoms with Crippen LogP contribution in [-0.4, -0.2) is 14.5 Å². The van der Waals surface area contributed by atoms with Crippen molar-refractivity contribution >= 4 is 5.65 Å². The van der Waals surface area contributed by atoms with Gasteiger partial charge in [0.2, 0.25) is 0 Å². The summed E-state index contributed by atoms with van der Waals surface area (Å²) in [5.74, 6) is 0. The van der Waals surface area contributed by atoms with Crippen LogP contribution in [0.5, 0.6) is 0 Å². The van der Waals surface area contributed by atoms with Gasteiger partial charge in [0.05, 0.1) is 17.5 Å². The summed E-state index contributed by atoms with van der Waals surface area (Å²) in [6.07, 6.45) is 5.07. The maximum absolute atomic E-state index is 10.7. The van der Waals surface area contributed by atoms with Crippen molar-refractivity contribution in [2.75, 3.05) is 0 Å². The summed E-state index contributed by atoms with van der Waals surface area (Å²) < 4.78 is 2.10. The highest BCUT2D eigenvalue weighted by molar-refractivity contribution is 5.68. The molecule has 0 fully saturated rings. The number of pyridine rings is 1. The van der Waals surface area contributed by atoms with Crippen molar-refractivity contribution < 1.29 is 5.11 Å². The number of imidazole rings is 1. The molecule has 0 aliphatic heterocycles. The first-order valence-electron chi connectivity index (χ1n) is 8.97. The molecule has 3 heteroatoms. The van der Waals surface area contributed by atoms with Gasteiger partial charge in [-0.15, -0.1) is 0 Å². The summed E-state index contributed by atoms with van der Waals surface area (Å²) in [6.45, 7) is 4.08. The molecular weight excluding hydrogens is 296 g/mol. The lowest BCUT2D eigenvalue weighted by atomic mass is 9.89. The number of rotatable bonds is 3. The quantitative estimate of drug-likeness (QED) is 0.764. The summed E-state index contributed by atoms with van der Waals surface area (Å²) in [5.41, 5.74) is 7.90. The van der Waals surface area contributed by atoms with E-state index in [1.807, 2.05) is 19.1 Å². The minimum absolute atomic E-state index is 0.507. The summed E-state index contributed by atoms with van der Waals surface area (Å²) >= 11 is 0. The minimum atomic E-state index is -0.507. The highest BCUT2D eigenvalue weighted by Crippen LogP contribution is 2.33. The van der Waals surface area contributed by atoms with Crippen molar-refractivity contribution in [3.8, 4) is 11.3 Å². The maximum Gasteiger partial charge on any atom is 0.137 e. The third-order valence-electron chi connectivity index (χ3n) is 5.20. The standard InChI is InChI=1S/C21H24N2O/c1-3-18(24)21-20(22-19-10-6-7-14(2)23(19)21)17-12-11-15-8-4-5-9-16(15)13-17/h6-7,10-13,18,24H,3-5,8-9H2,1-2H3. The van der Waals surface area contributed by atoms with Crippen molar-refractivity contribution in [2.24, 2.45) is 0 Å². The monoisotopic (exact) mass is 320 g/mol. The van der Waals surface area contributed by atoms with Crippen LogP contribution in [0.3, 0.4) is 0 Å². The Morgan fingerprint density at radius 1 is 1.12 bits per heavy atom. The molecule has 0 radical (unpaired) electrons. The van der Waals surface area contributed by atoms with Crippen LogP contribution in [0.2, 0.25) is 0 Å². The van der Waals surface area contributed by atoms with Gasteiger partial charge in [0, 0.05) is 11.3 Å². The average molecular weight is 320 g/mol. The molecule has 2 aromatic heterocycles. The molecule has 24 heavy (non-hydrogen) atoms. The molecule has 0 bridgehead atoms. The van der Waals surface area contributed by atoms with Crippen molar-refractivity contribution in [1.29, 1.82) is 0 Å². The van der Waals surface area contributed by atoms with Crippen LogP contribution in [0.4, 0.5) is 0 Å². The lowest BCUT2D eigenvalue weighted by molar-refractivity contribution is 0.168. The van der Waals surface area contributed by atoms with E-state index in [1.165, 1.54) is 30.4 Å². The molecule has 1 atom stereocenters. The van der Waals surface area contributed by atoms with E-state index in [-0.39, 0.29) is 0 Å². The second-order valence-electron chi connectivity index (χ2n) is 6.82. The second-order valence-corrected chi connectivity index (χ2v) is 6.82. The van der Waals surface area contributed by atoms with Gasteiger partial charge in [0.25, 0.3) is 0 Å². The van der Waals surface area contributed by atoms with Crippen molar-refractivity contribution in [3.05, 3.63) is 58.9 Å². The largest absolute Gasteiger partial charge is 0.387 e. The maximum atomic E-state index is 10.7. The molecule has 1 aromatic carbocycles. The number of hydrogen-bond acceptors (Lipinski definition) is 2. The molecule has 124 valence electrons. The lowest BCUT2D eigenvalue weighted by Crippen LogP contribution is -2.05. The number of benzene rings is 1. The zero-order valence-corrected chi connectivity index (χ0v) is 14.4. The zero-order chi connectivity index (χ0) is 16.7. The van der Waals surface area contributed by atoms with E-state index in [0.29, 0.717) is 6.42 Å². The Balaban J connectivity index is 1.94. The van der Waals surface area contributed by atoms with Gasteiger partial charge >= 0.3 is 0 Å². The van der Waals surface area contributed by atoms with Gasteiger partial charge in [-0.2, -0.15) is 0 Å². The molecule has 3 nitrogen and oxygen atoms in total. The first kappa shape index (κ1) is 15.4. The number of aliphatic hydroxyl groups is 1. The minimum Gasteiger partial charge on any atom is -0.387 e. The fourth-order valence-corrected chi connectivity index (χ4v) is 3.87. The van der Waals surface area contributed by atoms with Crippen molar-refractivity contribution in [1.82, 2.24) is 9.38 Å². The Morgan fingerprint density at radius 2 is 1.92 bits per heavy atom. The number of nitrogens with zero attached hydrogens (tertiary/aromatic N) is 2. The van der Waals surface area contributed by atoms with E-state index in [2.05, 4.69) is 35.6 Å². The van der Waals surface area contributed by atoms with Gasteiger partial charge in [-0.05, 0) is 68.4 Å². The van der Waals surface area contributed by atoms with E-state index in [1.54, 1.807) is 0 Å². The number of aryl methyl sites for hydroxylation is 3. The van der Waals surface area contributed by atoms with Crippen LogP contribution in [-0.2, 0) is 12.8 Å². The van der Waals surface area contributed by atoms with Gasteiger partial charge in [-0.3, -0.25) is 4.40 Å². The smallest absolute Gasteiger partial charge is 0.137 e. The van der Waals surface area contributed by atoms with Crippen LogP contribution < -0.4 is 0 Å².